The first-order chi connectivity index (χ1) is 14.4. The second-order valence-electron chi connectivity index (χ2n) is 6.04. The number of nitrogens with zero attached hydrogens (tertiary/aromatic N) is 2. The third-order valence-corrected chi connectivity index (χ3v) is 7.45. The van der Waals surface area contributed by atoms with Gasteiger partial charge in [-0.2, -0.15) is 0 Å². The van der Waals surface area contributed by atoms with E-state index in [4.69, 9.17) is 16.3 Å². The summed E-state index contributed by atoms with van der Waals surface area (Å²) in [6.45, 7) is 0. The Hall–Kier alpha value is -2.46. The van der Waals surface area contributed by atoms with Crippen LogP contribution >= 0.6 is 38.9 Å². The largest absolute Gasteiger partial charge is 0.456 e. The molecule has 0 bridgehead atoms. The molecule has 2 heterocycles. The van der Waals surface area contributed by atoms with E-state index in [-0.39, 0.29) is 10.0 Å². The average molecular weight is 523 g/mol. The van der Waals surface area contributed by atoms with Crippen LogP contribution in [0.5, 0.6) is 11.5 Å². The van der Waals surface area contributed by atoms with E-state index in [9.17, 15) is 8.42 Å². The van der Waals surface area contributed by atoms with Crippen molar-refractivity contribution in [2.45, 2.75) is 4.21 Å². The van der Waals surface area contributed by atoms with Crippen molar-refractivity contribution in [1.29, 1.82) is 0 Å². The number of aromatic nitrogens is 2. The fraction of sp³-hybridized carbons (Fsp3) is 0. The van der Waals surface area contributed by atoms with Gasteiger partial charge in [-0.05, 0) is 48.5 Å². The highest BCUT2D eigenvalue weighted by Gasteiger charge is 2.19. The van der Waals surface area contributed by atoms with Crippen molar-refractivity contribution in [1.82, 2.24) is 9.97 Å². The molecule has 0 unspecified atom stereocenters. The number of pyridine rings is 1. The molecule has 1 N–H and O–H groups in total. The van der Waals surface area contributed by atoms with Gasteiger partial charge >= 0.3 is 0 Å². The maximum Gasteiger partial charge on any atom is 0.274 e. The first-order valence-electron chi connectivity index (χ1n) is 8.53. The maximum absolute atomic E-state index is 12.7. The van der Waals surface area contributed by atoms with Gasteiger partial charge in [-0.3, -0.25) is 4.72 Å². The van der Waals surface area contributed by atoms with Crippen LogP contribution in [0.15, 0.2) is 81.7 Å². The lowest BCUT2D eigenvalue weighted by atomic mass is 10.2. The van der Waals surface area contributed by atoms with Crippen LogP contribution in [0.1, 0.15) is 0 Å². The Labute approximate surface area is 190 Å². The second kappa shape index (κ2) is 8.73. The fourth-order valence-electron chi connectivity index (χ4n) is 2.47. The summed E-state index contributed by atoms with van der Waals surface area (Å²) in [5.41, 5.74) is 0.831. The lowest BCUT2D eigenvalue weighted by Gasteiger charge is -2.08. The summed E-state index contributed by atoms with van der Waals surface area (Å²) in [5.74, 6) is 1.24. The lowest BCUT2D eigenvalue weighted by molar-refractivity contribution is 0.480. The number of nitrogens with one attached hydrogen (secondary N) is 1. The number of ether oxygens (including phenoxy) is 1. The highest BCUT2D eigenvalue weighted by atomic mass is 79.9. The van der Waals surface area contributed by atoms with E-state index in [0.717, 1.165) is 21.4 Å². The van der Waals surface area contributed by atoms with Crippen LogP contribution in [0.25, 0.3) is 10.6 Å². The zero-order chi connectivity index (χ0) is 21.1. The molecule has 30 heavy (non-hydrogen) atoms. The summed E-state index contributed by atoms with van der Waals surface area (Å²) < 4.78 is 34.5. The Morgan fingerprint density at radius 1 is 0.967 bits per heavy atom. The quantitative estimate of drug-likeness (QED) is 0.325. The monoisotopic (exact) mass is 521 g/mol. The molecule has 0 saturated carbocycles. The zero-order valence-corrected chi connectivity index (χ0v) is 19.1. The summed E-state index contributed by atoms with van der Waals surface area (Å²) in [4.78, 5) is 8.35. The molecule has 0 aliphatic carbocycles. The van der Waals surface area contributed by atoms with Gasteiger partial charge in [0.05, 0.1) is 12.4 Å². The van der Waals surface area contributed by atoms with Gasteiger partial charge in [0.15, 0.2) is 4.21 Å². The number of anilines is 1. The number of halogens is 2. The smallest absolute Gasteiger partial charge is 0.274 e. The number of hydrogen-bond acceptors (Lipinski definition) is 6. The molecule has 2 aromatic carbocycles. The minimum absolute atomic E-state index is 0.0979. The molecule has 152 valence electrons. The molecule has 0 spiro atoms. The predicted molar refractivity (Wildman–Crippen MR) is 122 cm³/mol. The first kappa shape index (κ1) is 20.8. The van der Waals surface area contributed by atoms with Gasteiger partial charge in [0, 0.05) is 15.1 Å². The van der Waals surface area contributed by atoms with E-state index in [1.54, 1.807) is 30.3 Å². The fourth-order valence-corrected chi connectivity index (χ4v) is 5.13. The summed E-state index contributed by atoms with van der Waals surface area (Å²) in [5, 5.41) is 1.22. The molecule has 0 aliphatic rings. The van der Waals surface area contributed by atoms with Crippen LogP contribution in [0.3, 0.4) is 0 Å². The van der Waals surface area contributed by atoms with E-state index in [1.165, 1.54) is 18.5 Å². The molecular formula is C20H13BrClN3O3S2. The highest BCUT2D eigenvalue weighted by molar-refractivity contribution is 9.10. The van der Waals surface area contributed by atoms with E-state index < -0.39 is 10.0 Å². The molecule has 2 aromatic heterocycles. The Morgan fingerprint density at radius 3 is 2.43 bits per heavy atom. The van der Waals surface area contributed by atoms with Crippen molar-refractivity contribution in [2.75, 3.05) is 4.72 Å². The van der Waals surface area contributed by atoms with Crippen LogP contribution in [0.2, 0.25) is 5.02 Å². The van der Waals surface area contributed by atoms with Crippen molar-refractivity contribution in [2.24, 2.45) is 0 Å². The molecule has 4 rings (SSSR count). The van der Waals surface area contributed by atoms with Gasteiger partial charge in [0.25, 0.3) is 10.0 Å². The van der Waals surface area contributed by atoms with Crippen LogP contribution in [0, 0.1) is 0 Å². The third kappa shape index (κ3) is 4.99. The van der Waals surface area contributed by atoms with Gasteiger partial charge in [-0.1, -0.05) is 39.7 Å². The van der Waals surface area contributed by atoms with E-state index >= 15 is 0 Å². The summed E-state index contributed by atoms with van der Waals surface area (Å²) >= 11 is 10.3. The number of sulfonamides is 1. The average Bonchev–Trinajstić information content (AvgIpc) is 3.22. The molecule has 6 nitrogen and oxygen atoms in total. The highest BCUT2D eigenvalue weighted by Crippen LogP contribution is 2.30. The minimum Gasteiger partial charge on any atom is -0.456 e. The Kier molecular flexibility index (Phi) is 6.05. The van der Waals surface area contributed by atoms with Crippen LogP contribution in [0.4, 0.5) is 5.82 Å². The Bertz CT molecular complexity index is 1280. The number of rotatable bonds is 6. The van der Waals surface area contributed by atoms with Crippen LogP contribution in [-0.2, 0) is 10.0 Å². The molecule has 0 aliphatic heterocycles. The third-order valence-electron chi connectivity index (χ3n) is 3.85. The van der Waals surface area contributed by atoms with E-state index in [2.05, 4.69) is 30.6 Å². The standard InChI is InChI=1S/C20H13BrClN3O3S2/c21-14-3-1-2-13(10-14)20-24-12-19(29-20)30(26,27)25-18-9-8-17(11-23-18)28-16-6-4-15(22)5-7-16/h1-12H,(H,23,25). The normalized spacial score (nSPS) is 11.3. The van der Waals surface area contributed by atoms with Gasteiger partial charge in [0.1, 0.15) is 22.3 Å². The van der Waals surface area contributed by atoms with Crippen molar-refractivity contribution < 1.29 is 13.2 Å². The van der Waals surface area contributed by atoms with Gasteiger partial charge in [-0.25, -0.2) is 18.4 Å². The molecule has 10 heteroatoms. The van der Waals surface area contributed by atoms with Crippen molar-refractivity contribution in [3.63, 3.8) is 0 Å². The molecule has 0 fully saturated rings. The zero-order valence-electron chi connectivity index (χ0n) is 15.1. The maximum atomic E-state index is 12.7. The topological polar surface area (TPSA) is 81.2 Å². The number of thiazole rings is 1. The van der Waals surface area contributed by atoms with Crippen molar-refractivity contribution in [3.8, 4) is 22.1 Å². The van der Waals surface area contributed by atoms with Gasteiger partial charge in [-0.15, -0.1) is 11.3 Å². The summed E-state index contributed by atoms with van der Waals surface area (Å²) in [6, 6.07) is 17.5. The van der Waals surface area contributed by atoms with E-state index in [0.29, 0.717) is 21.5 Å². The summed E-state index contributed by atoms with van der Waals surface area (Å²) in [6.07, 6.45) is 2.77. The SMILES string of the molecule is O=S(=O)(Nc1ccc(Oc2ccc(Cl)cc2)cn1)c1cnc(-c2cccc(Br)c2)s1. The van der Waals surface area contributed by atoms with Gasteiger partial charge in [0.2, 0.25) is 0 Å². The molecule has 4 aromatic rings. The molecule has 0 radical (unpaired) electrons. The summed E-state index contributed by atoms with van der Waals surface area (Å²) in [7, 11) is -3.81. The Balaban J connectivity index is 1.47. The lowest BCUT2D eigenvalue weighted by Crippen LogP contribution is -2.12. The van der Waals surface area contributed by atoms with Gasteiger partial charge < -0.3 is 4.74 Å². The molecule has 0 amide bonds. The number of hydrogen-bond donors (Lipinski definition) is 1. The predicted octanol–water partition coefficient (Wildman–Crippen LogP) is 6.21. The van der Waals surface area contributed by atoms with Crippen LogP contribution in [-0.4, -0.2) is 18.4 Å². The van der Waals surface area contributed by atoms with Crippen molar-refractivity contribution in [3.05, 3.63) is 82.6 Å². The second-order valence-corrected chi connectivity index (χ2v) is 10.3. The molecular weight excluding hydrogens is 510 g/mol. The van der Waals surface area contributed by atoms with E-state index in [1.807, 2.05) is 24.3 Å². The van der Waals surface area contributed by atoms with Crippen LogP contribution < -0.4 is 9.46 Å². The first-order valence-corrected chi connectivity index (χ1v) is 12.0. The molecule has 0 saturated heterocycles. The Morgan fingerprint density at radius 2 is 1.73 bits per heavy atom. The minimum atomic E-state index is -3.81. The number of benzene rings is 2. The van der Waals surface area contributed by atoms with Crippen molar-refractivity contribution >= 4 is 54.7 Å². The molecule has 0 atom stereocenters.